The maximum atomic E-state index is 12.5. The molecule has 3 heterocycles. The zero-order chi connectivity index (χ0) is 16.7. The number of halogens is 1. The predicted molar refractivity (Wildman–Crippen MR) is 89.3 cm³/mol. The number of epoxide rings is 1. The maximum Gasteiger partial charge on any atom is 0.272 e. The van der Waals surface area contributed by atoms with Gasteiger partial charge in [-0.1, -0.05) is 21.1 Å². The molecule has 24 heavy (non-hydrogen) atoms. The third-order valence-electron chi connectivity index (χ3n) is 3.84. The standard InChI is InChI=1S/C15H15BrN6O2/c1-21-13-3-2-9(16)4-12(13)14(19-21)15(23)17-5-10-6-22(20-18-10)7-11-8-24-11/h2-4,6,11H,5,7-8H2,1H3,(H,17,23)/t11-/m0/s1. The lowest BCUT2D eigenvalue weighted by Crippen LogP contribution is -2.23. The van der Waals surface area contributed by atoms with Crippen molar-refractivity contribution >= 4 is 32.7 Å². The van der Waals surface area contributed by atoms with Gasteiger partial charge in [-0.25, -0.2) is 4.68 Å². The number of nitrogens with one attached hydrogen (secondary N) is 1. The maximum absolute atomic E-state index is 12.5. The van der Waals surface area contributed by atoms with Gasteiger partial charge in [-0.05, 0) is 18.2 Å². The number of aryl methyl sites for hydroxylation is 1. The molecule has 1 saturated heterocycles. The lowest BCUT2D eigenvalue weighted by Gasteiger charge is -2.00. The fourth-order valence-electron chi connectivity index (χ4n) is 2.55. The van der Waals surface area contributed by atoms with Crippen molar-refractivity contribution < 1.29 is 9.53 Å². The molecule has 1 aromatic carbocycles. The molecule has 0 bridgehead atoms. The molecule has 1 atom stereocenters. The first-order valence-corrected chi connectivity index (χ1v) is 8.30. The lowest BCUT2D eigenvalue weighted by molar-refractivity contribution is 0.0946. The van der Waals surface area contributed by atoms with Crippen molar-refractivity contribution in [1.82, 2.24) is 30.1 Å². The van der Waals surface area contributed by atoms with Crippen molar-refractivity contribution in [2.24, 2.45) is 7.05 Å². The fraction of sp³-hybridized carbons (Fsp3) is 0.333. The highest BCUT2D eigenvalue weighted by Gasteiger charge is 2.23. The van der Waals surface area contributed by atoms with Crippen LogP contribution in [0.4, 0.5) is 0 Å². The highest BCUT2D eigenvalue weighted by Crippen LogP contribution is 2.22. The molecule has 1 aliphatic heterocycles. The molecular weight excluding hydrogens is 376 g/mol. The molecule has 1 amide bonds. The number of carbonyl (C=O) groups is 1. The van der Waals surface area contributed by atoms with Crippen LogP contribution in [0, 0.1) is 0 Å². The zero-order valence-corrected chi connectivity index (χ0v) is 14.5. The Bertz CT molecular complexity index is 914. The molecule has 9 heteroatoms. The van der Waals surface area contributed by atoms with Crippen molar-refractivity contribution in [1.29, 1.82) is 0 Å². The van der Waals surface area contributed by atoms with E-state index in [1.54, 1.807) is 9.36 Å². The second-order valence-corrected chi connectivity index (χ2v) is 6.62. The van der Waals surface area contributed by atoms with Gasteiger partial charge in [0.1, 0.15) is 11.8 Å². The molecule has 1 fully saturated rings. The third kappa shape index (κ3) is 3.04. The molecule has 1 aliphatic rings. The second kappa shape index (κ2) is 5.99. The van der Waals surface area contributed by atoms with Crippen LogP contribution in [0.1, 0.15) is 16.2 Å². The van der Waals surface area contributed by atoms with Crippen LogP contribution < -0.4 is 5.32 Å². The first-order valence-electron chi connectivity index (χ1n) is 7.51. The van der Waals surface area contributed by atoms with Gasteiger partial charge in [-0.2, -0.15) is 5.10 Å². The van der Waals surface area contributed by atoms with E-state index < -0.39 is 0 Å². The van der Waals surface area contributed by atoms with Crippen LogP contribution in [0.15, 0.2) is 28.9 Å². The van der Waals surface area contributed by atoms with Crippen LogP contribution in [-0.4, -0.2) is 43.4 Å². The van der Waals surface area contributed by atoms with Gasteiger partial charge in [-0.3, -0.25) is 9.48 Å². The Morgan fingerprint density at radius 3 is 3.12 bits per heavy atom. The number of ether oxygens (including phenoxy) is 1. The summed E-state index contributed by atoms with van der Waals surface area (Å²) in [6.07, 6.45) is 2.06. The van der Waals surface area contributed by atoms with E-state index in [2.05, 4.69) is 36.7 Å². The summed E-state index contributed by atoms with van der Waals surface area (Å²) >= 11 is 3.43. The number of amides is 1. The predicted octanol–water partition coefficient (Wildman–Crippen LogP) is 1.26. The molecule has 0 spiro atoms. The number of aromatic nitrogens is 5. The quantitative estimate of drug-likeness (QED) is 0.662. The largest absolute Gasteiger partial charge is 0.371 e. The van der Waals surface area contributed by atoms with Gasteiger partial charge in [0.2, 0.25) is 0 Å². The average Bonchev–Trinajstić information content (AvgIpc) is 3.16. The Hall–Kier alpha value is -2.26. The van der Waals surface area contributed by atoms with Crippen molar-refractivity contribution in [3.63, 3.8) is 0 Å². The molecule has 8 nitrogen and oxygen atoms in total. The van der Waals surface area contributed by atoms with E-state index >= 15 is 0 Å². The Labute approximate surface area is 145 Å². The van der Waals surface area contributed by atoms with Gasteiger partial charge < -0.3 is 10.1 Å². The number of fused-ring (bicyclic) bond motifs is 1. The van der Waals surface area contributed by atoms with Gasteiger partial charge in [0.15, 0.2) is 5.69 Å². The Kier molecular flexibility index (Phi) is 3.81. The van der Waals surface area contributed by atoms with E-state index in [4.69, 9.17) is 4.74 Å². The number of benzene rings is 1. The topological polar surface area (TPSA) is 90.2 Å². The molecule has 0 radical (unpaired) electrons. The number of rotatable bonds is 5. The second-order valence-electron chi connectivity index (χ2n) is 5.70. The summed E-state index contributed by atoms with van der Waals surface area (Å²) in [5.41, 5.74) is 2.00. The summed E-state index contributed by atoms with van der Waals surface area (Å²) < 4.78 is 9.49. The van der Waals surface area contributed by atoms with Gasteiger partial charge in [0, 0.05) is 16.9 Å². The smallest absolute Gasteiger partial charge is 0.272 e. The van der Waals surface area contributed by atoms with E-state index in [-0.39, 0.29) is 12.0 Å². The molecule has 0 unspecified atom stereocenters. The summed E-state index contributed by atoms with van der Waals surface area (Å²) in [6.45, 7) is 1.77. The normalized spacial score (nSPS) is 16.5. The van der Waals surface area contributed by atoms with Gasteiger partial charge in [-0.15, -0.1) is 5.10 Å². The Morgan fingerprint density at radius 2 is 2.33 bits per heavy atom. The molecular formula is C15H15BrN6O2. The Morgan fingerprint density at radius 1 is 1.50 bits per heavy atom. The summed E-state index contributed by atoms with van der Waals surface area (Å²) in [5.74, 6) is -0.237. The number of nitrogens with zero attached hydrogens (tertiary/aromatic N) is 5. The molecule has 1 N–H and O–H groups in total. The third-order valence-corrected chi connectivity index (χ3v) is 4.33. The molecule has 3 aromatic rings. The summed E-state index contributed by atoms with van der Waals surface area (Å²) in [6, 6.07) is 5.74. The van der Waals surface area contributed by atoms with E-state index in [9.17, 15) is 4.79 Å². The fourth-order valence-corrected chi connectivity index (χ4v) is 2.91. The van der Waals surface area contributed by atoms with Crippen molar-refractivity contribution in [2.45, 2.75) is 19.2 Å². The van der Waals surface area contributed by atoms with Crippen molar-refractivity contribution in [3.8, 4) is 0 Å². The van der Waals surface area contributed by atoms with Crippen LogP contribution in [0.5, 0.6) is 0 Å². The van der Waals surface area contributed by atoms with E-state index in [1.807, 2.05) is 31.4 Å². The molecule has 0 aliphatic carbocycles. The van der Waals surface area contributed by atoms with Crippen LogP contribution in [0.2, 0.25) is 0 Å². The average molecular weight is 391 g/mol. The highest BCUT2D eigenvalue weighted by molar-refractivity contribution is 9.10. The van der Waals surface area contributed by atoms with Crippen LogP contribution >= 0.6 is 15.9 Å². The first-order chi connectivity index (χ1) is 11.6. The van der Waals surface area contributed by atoms with Crippen molar-refractivity contribution in [3.05, 3.63) is 40.3 Å². The summed E-state index contributed by atoms with van der Waals surface area (Å²) in [4.78, 5) is 12.5. The lowest BCUT2D eigenvalue weighted by atomic mass is 10.2. The number of carbonyl (C=O) groups excluding carboxylic acids is 1. The van der Waals surface area contributed by atoms with Gasteiger partial charge >= 0.3 is 0 Å². The number of hydrogen-bond donors (Lipinski definition) is 1. The van der Waals surface area contributed by atoms with Gasteiger partial charge in [0.05, 0.1) is 31.4 Å². The first kappa shape index (κ1) is 15.3. The molecule has 124 valence electrons. The van der Waals surface area contributed by atoms with Crippen LogP contribution in [0.25, 0.3) is 10.9 Å². The molecule has 4 rings (SSSR count). The minimum absolute atomic E-state index is 0.237. The van der Waals surface area contributed by atoms with Crippen LogP contribution in [-0.2, 0) is 24.9 Å². The molecule has 0 saturated carbocycles. The SMILES string of the molecule is Cn1nc(C(=O)NCc2cn(C[C@H]3CO3)nn2)c2cc(Br)ccc21. The minimum atomic E-state index is -0.237. The zero-order valence-electron chi connectivity index (χ0n) is 12.9. The highest BCUT2D eigenvalue weighted by atomic mass is 79.9. The van der Waals surface area contributed by atoms with Crippen LogP contribution in [0.3, 0.4) is 0 Å². The monoisotopic (exact) mass is 390 g/mol. The summed E-state index contributed by atoms with van der Waals surface area (Å²) in [5, 5.41) is 16.0. The van der Waals surface area contributed by atoms with Crippen molar-refractivity contribution in [2.75, 3.05) is 6.61 Å². The van der Waals surface area contributed by atoms with E-state index in [1.165, 1.54) is 0 Å². The van der Waals surface area contributed by atoms with Gasteiger partial charge in [0.25, 0.3) is 5.91 Å². The summed E-state index contributed by atoms with van der Waals surface area (Å²) in [7, 11) is 1.82. The Balaban J connectivity index is 1.48. The minimum Gasteiger partial charge on any atom is -0.371 e. The van der Waals surface area contributed by atoms with E-state index in [0.29, 0.717) is 24.5 Å². The molecule has 2 aromatic heterocycles. The van der Waals surface area contributed by atoms with E-state index in [0.717, 1.165) is 22.0 Å². The number of hydrogen-bond acceptors (Lipinski definition) is 5.